The minimum atomic E-state index is -4.96. The molecule has 0 aliphatic rings. The van der Waals surface area contributed by atoms with Crippen molar-refractivity contribution in [1.29, 1.82) is 0 Å². The fourth-order valence-electron chi connectivity index (χ4n) is 12.7. The van der Waals surface area contributed by atoms with Crippen LogP contribution in [0.5, 0.6) is 0 Å². The van der Waals surface area contributed by atoms with Crippen LogP contribution in [0.15, 0.2) is 0 Å². The highest BCUT2D eigenvalue weighted by Crippen LogP contribution is 2.45. The summed E-state index contributed by atoms with van der Waals surface area (Å²) in [6.07, 6.45) is 63.9. The first kappa shape index (κ1) is 99.1. The van der Waals surface area contributed by atoms with Crippen LogP contribution in [-0.4, -0.2) is 96.7 Å². The zero-order chi connectivity index (χ0) is 74.2. The highest BCUT2D eigenvalue weighted by molar-refractivity contribution is 7.47. The van der Waals surface area contributed by atoms with Crippen LogP contribution in [0.3, 0.4) is 0 Å². The number of unbranched alkanes of at least 4 members (excludes halogenated alkanes) is 50. The molecule has 0 amide bonds. The lowest BCUT2D eigenvalue weighted by molar-refractivity contribution is -0.161. The van der Waals surface area contributed by atoms with Crippen molar-refractivity contribution in [2.45, 2.75) is 452 Å². The molecule has 600 valence electrons. The average molecular weight is 1480 g/mol. The number of esters is 4. The first-order chi connectivity index (χ1) is 48.9. The summed E-state index contributed by atoms with van der Waals surface area (Å²) in [4.78, 5) is 72.9. The number of ether oxygens (including phenoxy) is 4. The third-order valence-corrected chi connectivity index (χ3v) is 21.5. The maximum atomic E-state index is 13.1. The molecule has 19 heteroatoms. The quantitative estimate of drug-likeness (QED) is 0.0222. The van der Waals surface area contributed by atoms with Crippen molar-refractivity contribution in [3.05, 3.63) is 0 Å². The van der Waals surface area contributed by atoms with E-state index in [2.05, 4.69) is 41.5 Å². The van der Waals surface area contributed by atoms with Crippen LogP contribution in [0.25, 0.3) is 0 Å². The zero-order valence-corrected chi connectivity index (χ0v) is 68.0. The van der Waals surface area contributed by atoms with E-state index < -0.39 is 97.5 Å². The molecule has 0 radical (unpaired) electrons. The highest BCUT2D eigenvalue weighted by atomic mass is 31.2. The summed E-state index contributed by atoms with van der Waals surface area (Å²) < 4.78 is 68.7. The van der Waals surface area contributed by atoms with Crippen molar-refractivity contribution in [2.24, 2.45) is 11.8 Å². The minimum absolute atomic E-state index is 0.107. The molecule has 0 aromatic heterocycles. The molecule has 0 saturated heterocycles. The second-order valence-corrected chi connectivity index (χ2v) is 33.1. The van der Waals surface area contributed by atoms with Gasteiger partial charge >= 0.3 is 39.5 Å². The third kappa shape index (κ3) is 74.7. The molecule has 0 rings (SSSR count). The van der Waals surface area contributed by atoms with E-state index in [-0.39, 0.29) is 25.7 Å². The number of aliphatic hydroxyl groups excluding tert-OH is 1. The average Bonchev–Trinajstić information content (AvgIpc) is 0.993. The predicted molar refractivity (Wildman–Crippen MR) is 414 cm³/mol. The molecule has 0 aromatic rings. The maximum absolute atomic E-state index is 13.1. The summed E-state index contributed by atoms with van der Waals surface area (Å²) in [7, 11) is -9.92. The SMILES string of the molecule is CCCCCCCCCCCCCCCCCCCCCC(=O)O[C@H](COC(=O)CCCCCCCCCCCCCCCCC(C)CC)COP(=O)(O)OC[C@@H](O)COP(=O)(O)OC[C@@H](COC(=O)CCCCCCCCC)OC(=O)CCCCCCCCCCCCCCCCC(C)C. The number of carbonyl (C=O) groups excluding carboxylic acids is 4. The highest BCUT2D eigenvalue weighted by Gasteiger charge is 2.30. The molecule has 0 aliphatic carbocycles. The summed E-state index contributed by atoms with van der Waals surface area (Å²) >= 11 is 0. The van der Waals surface area contributed by atoms with Crippen LogP contribution >= 0.6 is 15.6 Å². The number of phosphoric acid groups is 2. The van der Waals surface area contributed by atoms with Crippen molar-refractivity contribution in [1.82, 2.24) is 0 Å². The Bertz CT molecular complexity index is 1940. The fourth-order valence-corrected chi connectivity index (χ4v) is 14.3. The number of hydrogen-bond donors (Lipinski definition) is 3. The van der Waals surface area contributed by atoms with Gasteiger partial charge in [0.05, 0.1) is 26.4 Å². The van der Waals surface area contributed by atoms with E-state index in [0.717, 1.165) is 115 Å². The third-order valence-electron chi connectivity index (χ3n) is 19.6. The van der Waals surface area contributed by atoms with Crippen LogP contribution in [0.4, 0.5) is 0 Å². The fraction of sp³-hybridized carbons (Fsp3) is 0.951. The molecular formula is C82H160O17P2. The van der Waals surface area contributed by atoms with Gasteiger partial charge in [0, 0.05) is 25.7 Å². The minimum Gasteiger partial charge on any atom is -0.462 e. The van der Waals surface area contributed by atoms with Gasteiger partial charge in [0.15, 0.2) is 12.2 Å². The van der Waals surface area contributed by atoms with Gasteiger partial charge in [0.25, 0.3) is 0 Å². The van der Waals surface area contributed by atoms with Crippen molar-refractivity contribution >= 4 is 39.5 Å². The van der Waals surface area contributed by atoms with Crippen molar-refractivity contribution in [2.75, 3.05) is 39.6 Å². The molecule has 0 saturated carbocycles. The molecular weight excluding hydrogens is 1320 g/mol. The number of rotatable bonds is 81. The Labute approximate surface area is 619 Å². The molecule has 0 aliphatic heterocycles. The van der Waals surface area contributed by atoms with Gasteiger partial charge < -0.3 is 33.8 Å². The van der Waals surface area contributed by atoms with Gasteiger partial charge in [-0.3, -0.25) is 37.3 Å². The molecule has 0 fully saturated rings. The summed E-state index contributed by atoms with van der Waals surface area (Å²) in [6, 6.07) is 0. The summed E-state index contributed by atoms with van der Waals surface area (Å²) in [5.74, 6) is -0.466. The smallest absolute Gasteiger partial charge is 0.462 e. The van der Waals surface area contributed by atoms with Gasteiger partial charge in [-0.15, -0.1) is 0 Å². The standard InChI is InChI=1S/C82H160O17P2/c1-7-10-12-14-16-17-18-19-20-21-22-23-24-32-37-42-48-54-60-67-82(87)99-78(71-93-80(85)65-59-53-47-41-36-31-28-26-30-35-40-46-51-57-63-75(6)9-3)73-97-101(90,91)95-69-76(83)68-94-100(88,89)96-72-77(70-92-79(84)64-58-52-44-15-13-11-8-2)98-81(86)66-61-55-49-43-38-33-27-25-29-34-39-45-50-56-62-74(4)5/h74-78,83H,7-73H2,1-6H3,(H,88,89)(H,90,91)/t75?,76-,77+,78+/m0/s1. The van der Waals surface area contributed by atoms with E-state index in [4.69, 9.17) is 37.0 Å². The molecule has 0 spiro atoms. The molecule has 0 bridgehead atoms. The summed E-state index contributed by atoms with van der Waals surface area (Å²) in [5, 5.41) is 10.6. The van der Waals surface area contributed by atoms with Crippen LogP contribution in [-0.2, 0) is 65.4 Å². The summed E-state index contributed by atoms with van der Waals surface area (Å²) in [6.45, 7) is 9.68. The Hall–Kier alpha value is -1.94. The lowest BCUT2D eigenvalue weighted by Crippen LogP contribution is -2.30. The second kappa shape index (κ2) is 73.6. The lowest BCUT2D eigenvalue weighted by Gasteiger charge is -2.21. The van der Waals surface area contributed by atoms with E-state index in [1.165, 1.54) is 238 Å². The predicted octanol–water partition coefficient (Wildman–Crippen LogP) is 24.7. The Morgan fingerprint density at radius 3 is 0.752 bits per heavy atom. The lowest BCUT2D eigenvalue weighted by atomic mass is 9.99. The number of aliphatic hydroxyl groups is 1. The maximum Gasteiger partial charge on any atom is 0.472 e. The summed E-state index contributed by atoms with van der Waals surface area (Å²) in [5.41, 5.74) is 0. The molecule has 6 atom stereocenters. The number of phosphoric ester groups is 2. The normalized spacial score (nSPS) is 14.2. The Morgan fingerprint density at radius 2 is 0.505 bits per heavy atom. The molecule has 0 aromatic carbocycles. The molecule has 3 unspecified atom stereocenters. The van der Waals surface area contributed by atoms with E-state index in [0.29, 0.717) is 25.7 Å². The van der Waals surface area contributed by atoms with Crippen LogP contribution in [0, 0.1) is 11.8 Å². The first-order valence-corrected chi connectivity index (χ1v) is 45.5. The van der Waals surface area contributed by atoms with Crippen LogP contribution in [0.1, 0.15) is 433 Å². The first-order valence-electron chi connectivity index (χ1n) is 42.5. The van der Waals surface area contributed by atoms with E-state index >= 15 is 0 Å². The van der Waals surface area contributed by atoms with E-state index in [1.807, 2.05) is 0 Å². The largest absolute Gasteiger partial charge is 0.472 e. The second-order valence-electron chi connectivity index (χ2n) is 30.2. The molecule has 0 heterocycles. The Kier molecular flexibility index (Phi) is 72.2. The van der Waals surface area contributed by atoms with Gasteiger partial charge in [-0.2, -0.15) is 0 Å². The van der Waals surface area contributed by atoms with Gasteiger partial charge in [0.1, 0.15) is 19.3 Å². The van der Waals surface area contributed by atoms with Crippen molar-refractivity contribution < 1.29 is 80.2 Å². The molecule has 101 heavy (non-hydrogen) atoms. The van der Waals surface area contributed by atoms with Crippen LogP contribution < -0.4 is 0 Å². The van der Waals surface area contributed by atoms with Crippen molar-refractivity contribution in [3.8, 4) is 0 Å². The number of carbonyl (C=O) groups is 4. The molecule has 3 N–H and O–H groups in total. The monoisotopic (exact) mass is 1480 g/mol. The van der Waals surface area contributed by atoms with E-state index in [1.54, 1.807) is 0 Å². The van der Waals surface area contributed by atoms with E-state index in [9.17, 15) is 43.2 Å². The molecule has 17 nitrogen and oxygen atoms in total. The number of hydrogen-bond acceptors (Lipinski definition) is 15. The Balaban J connectivity index is 5.18. The van der Waals surface area contributed by atoms with Crippen LogP contribution in [0.2, 0.25) is 0 Å². The van der Waals surface area contributed by atoms with Gasteiger partial charge in [0.2, 0.25) is 0 Å². The zero-order valence-electron chi connectivity index (χ0n) is 66.2. The van der Waals surface area contributed by atoms with Gasteiger partial charge in [-0.1, -0.05) is 382 Å². The van der Waals surface area contributed by atoms with Crippen molar-refractivity contribution in [3.63, 3.8) is 0 Å². The topological polar surface area (TPSA) is 237 Å². The van der Waals surface area contributed by atoms with Gasteiger partial charge in [-0.05, 0) is 37.5 Å². The van der Waals surface area contributed by atoms with Gasteiger partial charge in [-0.25, -0.2) is 9.13 Å². The Morgan fingerprint density at radius 1 is 0.287 bits per heavy atom.